The molecule has 0 bridgehead atoms. The predicted molar refractivity (Wildman–Crippen MR) is 274 cm³/mol. The number of aryl methyl sites for hydroxylation is 4. The van der Waals surface area contributed by atoms with Gasteiger partial charge in [-0.1, -0.05) is 140 Å². The van der Waals surface area contributed by atoms with Gasteiger partial charge < -0.3 is 26.4 Å². The van der Waals surface area contributed by atoms with Crippen LogP contribution in [0.15, 0.2) is 84.9 Å². The molecule has 0 aromatic heterocycles. The number of carbonyl (C=O) groups excluding carboxylic acids is 1. The van der Waals surface area contributed by atoms with Gasteiger partial charge in [0, 0.05) is 22.9 Å². The third-order valence-corrected chi connectivity index (χ3v) is 14.6. The second-order valence-corrected chi connectivity index (χ2v) is 18.1. The molecule has 0 aliphatic carbocycles. The Hall–Kier alpha value is -4.82. The number of carbonyl (C=O) groups is 2. The van der Waals surface area contributed by atoms with Crippen LogP contribution >= 0.6 is 0 Å². The molecule has 1 amide bonds. The lowest BCUT2D eigenvalue weighted by Gasteiger charge is -2.34. The van der Waals surface area contributed by atoms with Crippen molar-refractivity contribution in [1.82, 2.24) is 5.32 Å². The molecule has 65 heavy (non-hydrogen) atoms. The zero-order valence-corrected chi connectivity index (χ0v) is 42.0. The fourth-order valence-corrected chi connectivity index (χ4v) is 9.23. The van der Waals surface area contributed by atoms with Gasteiger partial charge in [0.05, 0.1) is 16.8 Å². The van der Waals surface area contributed by atoms with Crippen molar-refractivity contribution in [1.29, 1.82) is 0 Å². The van der Waals surface area contributed by atoms with Gasteiger partial charge in [-0.05, 0) is 166 Å². The van der Waals surface area contributed by atoms with Crippen molar-refractivity contribution in [2.75, 3.05) is 13.1 Å². The summed E-state index contributed by atoms with van der Waals surface area (Å²) in [7, 11) is 0. The lowest BCUT2D eigenvalue weighted by molar-refractivity contribution is 0.0695. The predicted octanol–water partition coefficient (Wildman–Crippen LogP) is 13.1. The second-order valence-electron chi connectivity index (χ2n) is 18.1. The lowest BCUT2D eigenvalue weighted by atomic mass is 9.69. The highest BCUT2D eigenvalue weighted by Crippen LogP contribution is 2.42. The zero-order chi connectivity index (χ0) is 48.6. The number of amides is 1. The zero-order valence-electron chi connectivity index (χ0n) is 42.0. The Bertz CT molecular complexity index is 2230. The van der Waals surface area contributed by atoms with Crippen molar-refractivity contribution < 1.29 is 24.9 Å². The monoisotopic (exact) mass is 887 g/mol. The molecular formula is C58H82N2O5. The van der Waals surface area contributed by atoms with Crippen molar-refractivity contribution in [2.24, 2.45) is 5.73 Å². The van der Waals surface area contributed by atoms with Crippen LogP contribution in [-0.4, -0.2) is 51.5 Å². The molecule has 6 N–H and O–H groups in total. The Balaban J connectivity index is 0.000000349. The van der Waals surface area contributed by atoms with Crippen molar-refractivity contribution in [3.05, 3.63) is 152 Å². The van der Waals surface area contributed by atoms with Crippen molar-refractivity contribution in [3.8, 4) is 0 Å². The highest BCUT2D eigenvalue weighted by Gasteiger charge is 2.33. The Kier molecular flexibility index (Phi) is 20.7. The standard InChI is InChI=1S/C31H46N2O2.C27H36O3/c1-7-30(35,8-2)18-17-25-13-14-26(21-23(25)5)31(9-3,10-4)27-15-16-28(24(6)22-27)29(34)33-20-12-11-19-32;1-7-26(30,8-2)16-15-21-11-12-22(17-19(21)5)27(9-3,10-4)23-13-14-24(25(28)29)20(6)18-23/h13-18,21-22,35H,7-12,19-20,32H2,1-6H3,(H,33,34);11-18,30H,7-10H2,1-6H3,(H,28,29)/b18-17+;16-15+. The molecule has 0 aliphatic rings. The maximum Gasteiger partial charge on any atom is 0.335 e. The molecule has 0 unspecified atom stereocenters. The Morgan fingerprint density at radius 3 is 1.18 bits per heavy atom. The largest absolute Gasteiger partial charge is 0.478 e. The molecule has 0 atom stereocenters. The average Bonchev–Trinajstić information content (AvgIpc) is 3.31. The minimum Gasteiger partial charge on any atom is -0.478 e. The highest BCUT2D eigenvalue weighted by molar-refractivity contribution is 5.95. The van der Waals surface area contributed by atoms with E-state index >= 15 is 0 Å². The quantitative estimate of drug-likeness (QED) is 0.0499. The van der Waals surface area contributed by atoms with Gasteiger partial charge in [0.2, 0.25) is 0 Å². The number of carboxylic acid groups (broad SMARTS) is 1. The molecule has 354 valence electrons. The summed E-state index contributed by atoms with van der Waals surface area (Å²) in [6, 6.07) is 25.2. The Labute approximate surface area is 392 Å². The van der Waals surface area contributed by atoms with E-state index in [1.807, 2.05) is 78.0 Å². The summed E-state index contributed by atoms with van der Waals surface area (Å²) in [5.41, 5.74) is 16.2. The van der Waals surface area contributed by atoms with E-state index in [-0.39, 0.29) is 16.7 Å². The number of carboxylic acids is 1. The van der Waals surface area contributed by atoms with E-state index in [9.17, 15) is 24.9 Å². The van der Waals surface area contributed by atoms with Gasteiger partial charge in [-0.3, -0.25) is 4.79 Å². The van der Waals surface area contributed by atoms with Crippen LogP contribution in [-0.2, 0) is 10.8 Å². The maximum atomic E-state index is 12.7. The third-order valence-electron chi connectivity index (χ3n) is 14.6. The van der Waals surface area contributed by atoms with E-state index in [4.69, 9.17) is 5.73 Å². The van der Waals surface area contributed by atoms with Crippen LogP contribution in [0, 0.1) is 27.7 Å². The summed E-state index contributed by atoms with van der Waals surface area (Å²) in [6.45, 7) is 26.3. The van der Waals surface area contributed by atoms with Gasteiger partial charge in [-0.2, -0.15) is 0 Å². The number of unbranched alkanes of at least 4 members (excludes halogenated alkanes) is 1. The van der Waals surface area contributed by atoms with E-state index in [1.165, 1.54) is 27.8 Å². The molecule has 4 aromatic rings. The summed E-state index contributed by atoms with van der Waals surface area (Å²) in [6.07, 6.45) is 16.3. The molecule has 0 saturated carbocycles. The van der Waals surface area contributed by atoms with E-state index in [2.05, 4.69) is 101 Å². The molecule has 0 aliphatic heterocycles. The van der Waals surface area contributed by atoms with Crippen LogP contribution < -0.4 is 11.1 Å². The molecule has 7 nitrogen and oxygen atoms in total. The van der Waals surface area contributed by atoms with Crippen LogP contribution in [0.5, 0.6) is 0 Å². The fraction of sp³-hybridized carbons (Fsp3) is 0.483. The number of benzene rings is 4. The van der Waals surface area contributed by atoms with Crippen LogP contribution in [0.25, 0.3) is 12.2 Å². The molecule has 7 heteroatoms. The van der Waals surface area contributed by atoms with Gasteiger partial charge in [0.1, 0.15) is 0 Å². The van der Waals surface area contributed by atoms with Crippen LogP contribution in [0.3, 0.4) is 0 Å². The van der Waals surface area contributed by atoms with E-state index in [0.29, 0.717) is 44.3 Å². The van der Waals surface area contributed by atoms with Crippen LogP contribution in [0.1, 0.15) is 196 Å². The van der Waals surface area contributed by atoms with Crippen molar-refractivity contribution in [2.45, 2.75) is 169 Å². The molecule has 0 spiro atoms. The number of hydrogen-bond donors (Lipinski definition) is 5. The van der Waals surface area contributed by atoms with Gasteiger partial charge in [0.15, 0.2) is 0 Å². The molecule has 0 fully saturated rings. The first-order valence-electron chi connectivity index (χ1n) is 24.3. The molecule has 4 rings (SSSR count). The number of hydrogen-bond acceptors (Lipinski definition) is 5. The van der Waals surface area contributed by atoms with Gasteiger partial charge in [-0.25, -0.2) is 4.79 Å². The topological polar surface area (TPSA) is 133 Å². The van der Waals surface area contributed by atoms with Gasteiger partial charge in [-0.15, -0.1) is 0 Å². The minimum absolute atomic E-state index is 0.0178. The summed E-state index contributed by atoms with van der Waals surface area (Å²) in [5.74, 6) is -0.903. The highest BCUT2D eigenvalue weighted by atomic mass is 16.4. The van der Waals surface area contributed by atoms with E-state index in [1.54, 1.807) is 6.07 Å². The first-order chi connectivity index (χ1) is 30.9. The molecule has 4 aromatic carbocycles. The lowest BCUT2D eigenvalue weighted by Crippen LogP contribution is -2.28. The van der Waals surface area contributed by atoms with Crippen LogP contribution in [0.2, 0.25) is 0 Å². The van der Waals surface area contributed by atoms with Gasteiger partial charge in [0.25, 0.3) is 5.91 Å². The number of rotatable bonds is 22. The van der Waals surface area contributed by atoms with E-state index < -0.39 is 17.2 Å². The Morgan fingerprint density at radius 2 is 0.877 bits per heavy atom. The second kappa shape index (κ2) is 24.6. The minimum atomic E-state index is -0.885. The summed E-state index contributed by atoms with van der Waals surface area (Å²) in [4.78, 5) is 24.1. The van der Waals surface area contributed by atoms with Crippen LogP contribution in [0.4, 0.5) is 0 Å². The summed E-state index contributed by atoms with van der Waals surface area (Å²) in [5, 5.41) is 33.6. The SMILES string of the molecule is CCC(O)(/C=C/c1ccc(C(CC)(CC)c2ccc(C(=O)NCCCCN)c(C)c2)cc1C)CC.CCC(O)(/C=C/c1ccc(C(CC)(CC)c2ccc(C(=O)O)c(C)c2)cc1C)CC. The summed E-state index contributed by atoms with van der Waals surface area (Å²) >= 11 is 0. The molecular weight excluding hydrogens is 805 g/mol. The number of aromatic carboxylic acids is 1. The first kappa shape index (κ1) is 54.5. The summed E-state index contributed by atoms with van der Waals surface area (Å²) < 4.78 is 0. The van der Waals surface area contributed by atoms with Crippen molar-refractivity contribution in [3.63, 3.8) is 0 Å². The smallest absolute Gasteiger partial charge is 0.335 e. The number of nitrogens with two attached hydrogens (primary N) is 1. The molecule has 0 radical (unpaired) electrons. The first-order valence-corrected chi connectivity index (χ1v) is 24.3. The molecule has 0 saturated heterocycles. The van der Waals surface area contributed by atoms with E-state index in [0.717, 1.165) is 71.9 Å². The maximum absolute atomic E-state index is 12.7. The normalized spacial score (nSPS) is 12.4. The number of aliphatic hydroxyl groups is 2. The average molecular weight is 887 g/mol. The Morgan fingerprint density at radius 1 is 0.523 bits per heavy atom. The fourth-order valence-electron chi connectivity index (χ4n) is 9.23. The van der Waals surface area contributed by atoms with Gasteiger partial charge >= 0.3 is 5.97 Å². The number of nitrogens with one attached hydrogen (secondary N) is 1. The third kappa shape index (κ3) is 13.2. The molecule has 0 heterocycles. The van der Waals surface area contributed by atoms with Crippen molar-refractivity contribution >= 4 is 24.0 Å².